The maximum absolute atomic E-state index is 12.3. The van der Waals surface area contributed by atoms with Crippen molar-refractivity contribution in [2.45, 2.75) is 11.8 Å². The van der Waals surface area contributed by atoms with Gasteiger partial charge in [-0.2, -0.15) is 13.2 Å². The lowest BCUT2D eigenvalue weighted by molar-refractivity contribution is -0.188. The molecule has 0 bridgehead atoms. The van der Waals surface area contributed by atoms with E-state index < -0.39 is 11.8 Å². The lowest BCUT2D eigenvalue weighted by atomic mass is 10.0. The van der Waals surface area contributed by atoms with E-state index in [9.17, 15) is 13.2 Å². The van der Waals surface area contributed by atoms with Crippen LogP contribution in [0.1, 0.15) is 5.56 Å². The van der Waals surface area contributed by atoms with Crippen molar-refractivity contribution in [3.8, 4) is 0 Å². The van der Waals surface area contributed by atoms with Gasteiger partial charge >= 0.3 is 6.18 Å². The molecule has 1 rings (SSSR count). The molecule has 0 fully saturated rings. The van der Waals surface area contributed by atoms with Crippen molar-refractivity contribution in [3.05, 3.63) is 29.8 Å². The first-order chi connectivity index (χ1) is 6.25. The molecule has 0 saturated heterocycles. The molecule has 0 aliphatic carbocycles. The van der Waals surface area contributed by atoms with Crippen molar-refractivity contribution in [3.63, 3.8) is 0 Å². The van der Waals surface area contributed by atoms with Crippen LogP contribution in [0.25, 0.3) is 0 Å². The van der Waals surface area contributed by atoms with Crippen LogP contribution >= 0.6 is 0 Å². The SMILES string of the molecule is Nc1ccc(C(N)(N)C(F)(F)F)cc1. The molecule has 0 radical (unpaired) electrons. The molecule has 0 unspecified atom stereocenters. The van der Waals surface area contributed by atoms with E-state index in [0.717, 1.165) is 12.1 Å². The molecule has 78 valence electrons. The Balaban J connectivity index is 3.10. The summed E-state index contributed by atoms with van der Waals surface area (Å²) < 4.78 is 37.0. The number of benzene rings is 1. The second kappa shape index (κ2) is 3.14. The average Bonchev–Trinajstić information content (AvgIpc) is 2.03. The van der Waals surface area contributed by atoms with Gasteiger partial charge in [0.15, 0.2) is 5.66 Å². The van der Waals surface area contributed by atoms with Crippen LogP contribution < -0.4 is 17.2 Å². The first-order valence-corrected chi connectivity index (χ1v) is 3.75. The van der Waals surface area contributed by atoms with Crippen LogP contribution in [0, 0.1) is 0 Å². The highest BCUT2D eigenvalue weighted by Crippen LogP contribution is 2.32. The van der Waals surface area contributed by atoms with E-state index in [1.807, 2.05) is 0 Å². The fraction of sp³-hybridized carbons (Fsp3) is 0.250. The highest BCUT2D eigenvalue weighted by molar-refractivity contribution is 5.41. The van der Waals surface area contributed by atoms with Gasteiger partial charge in [-0.05, 0) is 17.7 Å². The molecular formula is C8H10F3N3. The molecule has 0 saturated carbocycles. The standard InChI is InChI=1S/C8H10F3N3/c9-8(10,11)7(13,14)5-1-3-6(12)4-2-5/h1-4H,12-14H2. The molecule has 1 aromatic rings. The van der Waals surface area contributed by atoms with Crippen molar-refractivity contribution < 1.29 is 13.2 Å². The molecule has 0 heterocycles. The number of nitrogens with two attached hydrogens (primary N) is 3. The first kappa shape index (κ1) is 10.8. The van der Waals surface area contributed by atoms with Crippen LogP contribution in [-0.2, 0) is 5.66 Å². The van der Waals surface area contributed by atoms with E-state index in [1.165, 1.54) is 12.1 Å². The third-order valence-corrected chi connectivity index (χ3v) is 1.86. The largest absolute Gasteiger partial charge is 0.423 e. The van der Waals surface area contributed by atoms with Gasteiger partial charge in [0.1, 0.15) is 0 Å². The molecule has 14 heavy (non-hydrogen) atoms. The summed E-state index contributed by atoms with van der Waals surface area (Å²) >= 11 is 0. The van der Waals surface area contributed by atoms with Gasteiger partial charge < -0.3 is 17.2 Å². The van der Waals surface area contributed by atoms with Gasteiger partial charge in [0, 0.05) is 5.69 Å². The zero-order valence-electron chi connectivity index (χ0n) is 7.18. The molecule has 0 atom stereocenters. The topological polar surface area (TPSA) is 78.1 Å². The van der Waals surface area contributed by atoms with Crippen LogP contribution in [0.2, 0.25) is 0 Å². The lowest BCUT2D eigenvalue weighted by Gasteiger charge is -2.27. The summed E-state index contributed by atoms with van der Waals surface area (Å²) in [4.78, 5) is 0. The molecular weight excluding hydrogens is 195 g/mol. The summed E-state index contributed by atoms with van der Waals surface area (Å²) in [5, 5.41) is 0. The van der Waals surface area contributed by atoms with E-state index in [2.05, 4.69) is 0 Å². The Morgan fingerprint density at radius 2 is 1.36 bits per heavy atom. The fourth-order valence-electron chi connectivity index (χ4n) is 0.923. The first-order valence-electron chi connectivity index (χ1n) is 3.75. The van der Waals surface area contributed by atoms with E-state index in [1.54, 1.807) is 0 Å². The normalized spacial score (nSPS) is 12.9. The Morgan fingerprint density at radius 1 is 0.929 bits per heavy atom. The minimum atomic E-state index is -4.69. The second-order valence-electron chi connectivity index (χ2n) is 2.99. The molecule has 3 nitrogen and oxygen atoms in total. The van der Waals surface area contributed by atoms with E-state index in [-0.39, 0.29) is 5.56 Å². The van der Waals surface area contributed by atoms with E-state index in [4.69, 9.17) is 17.2 Å². The Labute approximate surface area is 78.7 Å². The van der Waals surface area contributed by atoms with E-state index >= 15 is 0 Å². The molecule has 6 heteroatoms. The molecule has 0 aliphatic heterocycles. The Hall–Kier alpha value is -1.27. The van der Waals surface area contributed by atoms with Crippen LogP contribution in [0.5, 0.6) is 0 Å². The smallest absolute Gasteiger partial charge is 0.399 e. The van der Waals surface area contributed by atoms with Crippen molar-refractivity contribution in [1.82, 2.24) is 0 Å². The predicted molar refractivity (Wildman–Crippen MR) is 47.0 cm³/mol. The third kappa shape index (κ3) is 1.80. The number of hydrogen-bond donors (Lipinski definition) is 3. The second-order valence-corrected chi connectivity index (χ2v) is 2.99. The van der Waals surface area contributed by atoms with Crippen LogP contribution in [0.3, 0.4) is 0 Å². The maximum atomic E-state index is 12.3. The number of anilines is 1. The van der Waals surface area contributed by atoms with Gasteiger partial charge in [-0.3, -0.25) is 0 Å². The minimum absolute atomic E-state index is 0.223. The van der Waals surface area contributed by atoms with Crippen LogP contribution in [0.4, 0.5) is 18.9 Å². The Kier molecular flexibility index (Phi) is 2.43. The molecule has 0 amide bonds. The van der Waals surface area contributed by atoms with Crippen molar-refractivity contribution >= 4 is 5.69 Å². The van der Waals surface area contributed by atoms with Gasteiger partial charge in [0.25, 0.3) is 0 Å². The molecule has 0 aromatic heterocycles. The number of halogens is 3. The average molecular weight is 205 g/mol. The summed E-state index contributed by atoms with van der Waals surface area (Å²) in [7, 11) is 0. The Bertz CT molecular complexity index is 316. The van der Waals surface area contributed by atoms with Crippen LogP contribution in [0.15, 0.2) is 24.3 Å². The summed E-state index contributed by atoms with van der Waals surface area (Å²) in [6.07, 6.45) is -4.69. The summed E-state index contributed by atoms with van der Waals surface area (Å²) in [5.41, 5.74) is 12.6. The quantitative estimate of drug-likeness (QED) is 0.471. The number of rotatable bonds is 1. The molecule has 6 N–H and O–H groups in total. The zero-order chi connectivity index (χ0) is 11.0. The molecule has 0 aliphatic rings. The third-order valence-electron chi connectivity index (χ3n) is 1.86. The van der Waals surface area contributed by atoms with E-state index in [0.29, 0.717) is 5.69 Å². The summed E-state index contributed by atoms with van der Waals surface area (Å²) in [5.74, 6) is 0. The Morgan fingerprint density at radius 3 is 1.71 bits per heavy atom. The van der Waals surface area contributed by atoms with Gasteiger partial charge in [-0.15, -0.1) is 0 Å². The molecule has 0 spiro atoms. The van der Waals surface area contributed by atoms with Gasteiger partial charge in [0.2, 0.25) is 0 Å². The van der Waals surface area contributed by atoms with Crippen LogP contribution in [-0.4, -0.2) is 6.18 Å². The number of alkyl halides is 3. The fourth-order valence-corrected chi connectivity index (χ4v) is 0.923. The number of hydrogen-bond acceptors (Lipinski definition) is 3. The highest BCUT2D eigenvalue weighted by Gasteiger charge is 2.50. The van der Waals surface area contributed by atoms with Crippen molar-refractivity contribution in [1.29, 1.82) is 0 Å². The van der Waals surface area contributed by atoms with Gasteiger partial charge in [-0.1, -0.05) is 12.1 Å². The van der Waals surface area contributed by atoms with Gasteiger partial charge in [0.05, 0.1) is 0 Å². The number of nitrogen functional groups attached to an aromatic ring is 1. The minimum Gasteiger partial charge on any atom is -0.399 e. The summed E-state index contributed by atoms with van der Waals surface area (Å²) in [6, 6.07) is 4.94. The molecule has 1 aromatic carbocycles. The predicted octanol–water partition coefficient (Wildman–Crippen LogP) is 0.901. The zero-order valence-corrected chi connectivity index (χ0v) is 7.18. The van der Waals surface area contributed by atoms with Gasteiger partial charge in [-0.25, -0.2) is 0 Å². The lowest BCUT2D eigenvalue weighted by Crippen LogP contribution is -2.57. The highest BCUT2D eigenvalue weighted by atomic mass is 19.4. The van der Waals surface area contributed by atoms with Crippen molar-refractivity contribution in [2.75, 3.05) is 5.73 Å². The summed E-state index contributed by atoms with van der Waals surface area (Å²) in [6.45, 7) is 0. The monoisotopic (exact) mass is 205 g/mol. The maximum Gasteiger partial charge on any atom is 0.423 e. The van der Waals surface area contributed by atoms with Crippen molar-refractivity contribution in [2.24, 2.45) is 11.5 Å².